The summed E-state index contributed by atoms with van der Waals surface area (Å²) < 4.78 is 5.45. The molecule has 2 aliphatic rings. The minimum absolute atomic E-state index is 0. The second-order valence-electron chi connectivity index (χ2n) is 6.73. The third-order valence-electron chi connectivity index (χ3n) is 4.91. The number of benzene rings is 1. The predicted octanol–water partition coefficient (Wildman–Crippen LogP) is 1.96. The molecule has 3 rings (SSSR count). The Morgan fingerprint density at radius 2 is 1.79 bits per heavy atom. The van der Waals surface area contributed by atoms with Gasteiger partial charge in [0.05, 0.1) is 6.61 Å². The molecule has 1 unspecified atom stereocenters. The number of morpholine rings is 1. The number of hydrogen-bond donors (Lipinski definition) is 2. The van der Waals surface area contributed by atoms with Crippen molar-refractivity contribution < 1.29 is 9.53 Å². The molecule has 1 atom stereocenters. The van der Waals surface area contributed by atoms with Gasteiger partial charge >= 0.3 is 0 Å². The van der Waals surface area contributed by atoms with E-state index in [9.17, 15) is 4.79 Å². The number of rotatable bonds is 7. The topological polar surface area (TPSA) is 56.8 Å². The third kappa shape index (κ3) is 8.72. The van der Waals surface area contributed by atoms with E-state index in [1.54, 1.807) is 0 Å². The molecular weight excluding hydrogens is 423 g/mol. The van der Waals surface area contributed by atoms with Gasteiger partial charge in [-0.25, -0.2) is 0 Å². The molecule has 2 aliphatic heterocycles. The van der Waals surface area contributed by atoms with Crippen molar-refractivity contribution in [1.82, 2.24) is 15.5 Å². The minimum atomic E-state index is -0.320. The molecule has 2 fully saturated rings. The lowest BCUT2D eigenvalue weighted by molar-refractivity contribution is -0.134. The Kier molecular flexibility index (Phi) is 14.7. The molecule has 0 spiro atoms. The largest absolute Gasteiger partial charge is 0.369 e. The van der Waals surface area contributed by atoms with Crippen LogP contribution in [-0.2, 0) is 9.53 Å². The molecule has 0 aliphatic carbocycles. The Balaban J connectivity index is 0.00000243. The normalized spacial score (nSPS) is 19.6. The fraction of sp³-hybridized carbons (Fsp3) is 0.632. The van der Waals surface area contributed by atoms with Crippen LogP contribution in [0, 0.1) is 0 Å². The van der Waals surface area contributed by atoms with Crippen molar-refractivity contribution in [2.24, 2.45) is 0 Å². The van der Waals surface area contributed by atoms with Gasteiger partial charge in [-0.1, -0.05) is 18.2 Å². The van der Waals surface area contributed by atoms with Crippen molar-refractivity contribution in [3.63, 3.8) is 0 Å². The summed E-state index contributed by atoms with van der Waals surface area (Å²) in [4.78, 5) is 16.9. The highest BCUT2D eigenvalue weighted by Crippen LogP contribution is 2.15. The Morgan fingerprint density at radius 3 is 2.43 bits per heavy atom. The number of amides is 1. The van der Waals surface area contributed by atoms with Gasteiger partial charge in [0.1, 0.15) is 6.10 Å². The number of unbranched alkanes of at least 4 members (excludes halogenated alkanes) is 1. The fourth-order valence-corrected chi connectivity index (χ4v) is 3.39. The van der Waals surface area contributed by atoms with E-state index in [1.807, 2.05) is 0 Å². The summed E-state index contributed by atoms with van der Waals surface area (Å²) >= 11 is 0. The van der Waals surface area contributed by atoms with E-state index in [0.717, 1.165) is 58.7 Å². The summed E-state index contributed by atoms with van der Waals surface area (Å²) in [5.41, 5.74) is 1.32. The highest BCUT2D eigenvalue weighted by molar-refractivity contribution is 5.86. The molecule has 1 aromatic rings. The van der Waals surface area contributed by atoms with E-state index < -0.39 is 0 Å². The van der Waals surface area contributed by atoms with Crippen molar-refractivity contribution in [2.75, 3.05) is 63.9 Å². The summed E-state index contributed by atoms with van der Waals surface area (Å²) in [5.74, 6) is 0.0173. The number of nitrogens with zero attached hydrogens (tertiary/aromatic N) is 2. The SMILES string of the molecule is Cl.Cl.Cl.O=C(NCCCCN1CCN(c2ccccc2)CC1)C1CNCCO1. The number of anilines is 1. The van der Waals surface area contributed by atoms with E-state index in [-0.39, 0.29) is 49.2 Å². The molecule has 1 aromatic carbocycles. The van der Waals surface area contributed by atoms with Gasteiger partial charge in [-0.15, -0.1) is 37.2 Å². The lowest BCUT2D eigenvalue weighted by Crippen LogP contribution is -2.48. The first kappa shape index (κ1) is 27.2. The summed E-state index contributed by atoms with van der Waals surface area (Å²) in [6.45, 7) is 8.33. The zero-order chi connectivity index (χ0) is 17.3. The number of piperazine rings is 1. The molecule has 0 bridgehead atoms. The Morgan fingerprint density at radius 1 is 1.07 bits per heavy atom. The molecule has 2 saturated heterocycles. The number of hydrogen-bond acceptors (Lipinski definition) is 5. The summed E-state index contributed by atoms with van der Waals surface area (Å²) in [6, 6.07) is 10.6. The molecule has 2 heterocycles. The fourth-order valence-electron chi connectivity index (χ4n) is 3.39. The van der Waals surface area contributed by atoms with E-state index >= 15 is 0 Å². The number of carbonyl (C=O) groups excluding carboxylic acids is 1. The summed E-state index contributed by atoms with van der Waals surface area (Å²) in [5, 5.41) is 6.17. The number of carbonyl (C=O) groups is 1. The van der Waals surface area contributed by atoms with Crippen molar-refractivity contribution >= 4 is 48.8 Å². The van der Waals surface area contributed by atoms with Gasteiger partial charge < -0.3 is 20.3 Å². The van der Waals surface area contributed by atoms with Crippen molar-refractivity contribution in [3.8, 4) is 0 Å². The van der Waals surface area contributed by atoms with Crippen molar-refractivity contribution in [1.29, 1.82) is 0 Å². The quantitative estimate of drug-likeness (QED) is 0.616. The maximum Gasteiger partial charge on any atom is 0.250 e. The molecule has 0 aromatic heterocycles. The van der Waals surface area contributed by atoms with Gasteiger partial charge in [0.25, 0.3) is 0 Å². The van der Waals surface area contributed by atoms with Gasteiger partial charge in [0.15, 0.2) is 0 Å². The molecule has 28 heavy (non-hydrogen) atoms. The first-order valence-electron chi connectivity index (χ1n) is 9.45. The average molecular weight is 456 g/mol. The van der Waals surface area contributed by atoms with Crippen molar-refractivity contribution in [2.45, 2.75) is 18.9 Å². The van der Waals surface area contributed by atoms with E-state index in [1.165, 1.54) is 5.69 Å². The lowest BCUT2D eigenvalue weighted by Gasteiger charge is -2.36. The van der Waals surface area contributed by atoms with Crippen LogP contribution in [0.3, 0.4) is 0 Å². The van der Waals surface area contributed by atoms with E-state index in [4.69, 9.17) is 4.74 Å². The van der Waals surface area contributed by atoms with Gasteiger partial charge in [-0.3, -0.25) is 9.69 Å². The van der Waals surface area contributed by atoms with Gasteiger partial charge in [0.2, 0.25) is 5.91 Å². The zero-order valence-corrected chi connectivity index (χ0v) is 18.6. The summed E-state index contributed by atoms with van der Waals surface area (Å²) in [6.07, 6.45) is 1.82. The van der Waals surface area contributed by atoms with Crippen LogP contribution in [0.4, 0.5) is 5.69 Å². The van der Waals surface area contributed by atoms with Crippen LogP contribution in [0.1, 0.15) is 12.8 Å². The highest BCUT2D eigenvalue weighted by atomic mass is 35.5. The van der Waals surface area contributed by atoms with Gasteiger partial charge in [-0.2, -0.15) is 0 Å². The van der Waals surface area contributed by atoms with E-state index in [0.29, 0.717) is 13.2 Å². The standard InChI is InChI=1S/C19H30N4O2.3ClH/c24-19(18-16-20-9-15-25-18)21-8-4-5-10-22-11-13-23(14-12-22)17-6-2-1-3-7-17;;;/h1-3,6-7,18,20H,4-5,8-16H2,(H,21,24);3*1H. The Bertz CT molecular complexity index is 525. The van der Waals surface area contributed by atoms with E-state index in [2.05, 4.69) is 50.8 Å². The number of halogens is 3. The average Bonchev–Trinajstić information content (AvgIpc) is 2.69. The summed E-state index contributed by atoms with van der Waals surface area (Å²) in [7, 11) is 0. The lowest BCUT2D eigenvalue weighted by atomic mass is 10.2. The molecule has 0 saturated carbocycles. The molecular formula is C19H33Cl3N4O2. The molecule has 162 valence electrons. The van der Waals surface area contributed by atoms with Gasteiger partial charge in [-0.05, 0) is 31.5 Å². The highest BCUT2D eigenvalue weighted by Gasteiger charge is 2.21. The van der Waals surface area contributed by atoms with Crippen LogP contribution in [0.25, 0.3) is 0 Å². The van der Waals surface area contributed by atoms with Crippen LogP contribution in [0.15, 0.2) is 30.3 Å². The second-order valence-corrected chi connectivity index (χ2v) is 6.73. The van der Waals surface area contributed by atoms with Crippen LogP contribution in [-0.4, -0.2) is 75.9 Å². The smallest absolute Gasteiger partial charge is 0.250 e. The zero-order valence-electron chi connectivity index (χ0n) is 16.2. The maximum absolute atomic E-state index is 11.9. The third-order valence-corrected chi connectivity index (χ3v) is 4.91. The Hall–Kier alpha value is -0.760. The van der Waals surface area contributed by atoms with Crippen LogP contribution < -0.4 is 15.5 Å². The first-order valence-corrected chi connectivity index (χ1v) is 9.45. The molecule has 0 radical (unpaired) electrons. The maximum atomic E-state index is 11.9. The molecule has 1 amide bonds. The monoisotopic (exact) mass is 454 g/mol. The molecule has 6 nitrogen and oxygen atoms in total. The first-order chi connectivity index (χ1) is 12.3. The second kappa shape index (κ2) is 15.1. The molecule has 9 heteroatoms. The van der Waals surface area contributed by atoms with Gasteiger partial charge in [0, 0.05) is 51.5 Å². The number of nitrogens with one attached hydrogen (secondary N) is 2. The van der Waals surface area contributed by atoms with Crippen LogP contribution in [0.2, 0.25) is 0 Å². The van der Waals surface area contributed by atoms with Crippen LogP contribution in [0.5, 0.6) is 0 Å². The predicted molar refractivity (Wildman–Crippen MR) is 122 cm³/mol. The molecule has 2 N–H and O–H groups in total. The van der Waals surface area contributed by atoms with Crippen LogP contribution >= 0.6 is 37.2 Å². The number of para-hydroxylation sites is 1. The van der Waals surface area contributed by atoms with Crippen molar-refractivity contribution in [3.05, 3.63) is 30.3 Å². The minimum Gasteiger partial charge on any atom is -0.369 e. The number of ether oxygens (including phenoxy) is 1. The Labute approximate surface area is 187 Å².